The predicted molar refractivity (Wildman–Crippen MR) is 72.3 cm³/mol. The highest BCUT2D eigenvalue weighted by Gasteiger charge is 2.48. The molecule has 0 radical (unpaired) electrons. The summed E-state index contributed by atoms with van der Waals surface area (Å²) >= 11 is 0. The lowest BCUT2D eigenvalue weighted by atomic mass is 9.88. The van der Waals surface area contributed by atoms with Gasteiger partial charge in [0, 0.05) is 12.2 Å². The van der Waals surface area contributed by atoms with Gasteiger partial charge < -0.3 is 16.8 Å². The molecule has 1 aromatic heterocycles. The van der Waals surface area contributed by atoms with Crippen molar-refractivity contribution in [1.29, 1.82) is 0 Å². The van der Waals surface area contributed by atoms with Gasteiger partial charge in [0.15, 0.2) is 0 Å². The monoisotopic (exact) mass is 313 g/mol. The van der Waals surface area contributed by atoms with Crippen LogP contribution in [-0.2, 0) is 11.0 Å². The maximum absolute atomic E-state index is 13.0. The standard InChI is InChI=1S/C13H14F3N5O/c14-13(15,16)7-4-19-12(18)21-11(7)20-9-6-2-1-5(3-6)8(9)10(17)22/h1-2,4-6,8-9H,3H2,(H2,17,22)(H3,18,19,20,21)/t5?,6?,8-,9?/m0/s1. The van der Waals surface area contributed by atoms with Crippen molar-refractivity contribution < 1.29 is 18.0 Å². The summed E-state index contributed by atoms with van der Waals surface area (Å²) in [6.45, 7) is 0. The molecule has 2 aliphatic rings. The first-order chi connectivity index (χ1) is 10.3. The number of primary amides is 1. The van der Waals surface area contributed by atoms with Crippen molar-refractivity contribution in [2.45, 2.75) is 18.6 Å². The Kier molecular flexibility index (Phi) is 3.22. The maximum Gasteiger partial charge on any atom is 0.421 e. The second-order valence-corrected chi connectivity index (χ2v) is 5.53. The number of amides is 1. The van der Waals surface area contributed by atoms with Crippen molar-refractivity contribution in [1.82, 2.24) is 9.97 Å². The van der Waals surface area contributed by atoms with Crippen molar-refractivity contribution in [3.63, 3.8) is 0 Å². The molecule has 6 nitrogen and oxygen atoms in total. The zero-order chi connectivity index (χ0) is 16.1. The minimum atomic E-state index is -4.62. The summed E-state index contributed by atoms with van der Waals surface area (Å²) < 4.78 is 39.1. The summed E-state index contributed by atoms with van der Waals surface area (Å²) in [7, 11) is 0. The van der Waals surface area contributed by atoms with E-state index in [0.717, 1.165) is 0 Å². The van der Waals surface area contributed by atoms with Crippen LogP contribution in [0.2, 0.25) is 0 Å². The SMILES string of the molecule is NC(=O)[C@H]1C2C=CC(C2)C1Nc1nc(N)ncc1C(F)(F)F. The fraction of sp³-hybridized carbons (Fsp3) is 0.462. The largest absolute Gasteiger partial charge is 0.421 e. The molecule has 5 N–H and O–H groups in total. The van der Waals surface area contributed by atoms with Gasteiger partial charge in [-0.05, 0) is 18.3 Å². The molecule has 3 unspecified atom stereocenters. The molecule has 1 heterocycles. The number of nitrogen functional groups attached to an aromatic ring is 1. The Labute approximate surface area is 123 Å². The number of hydrogen-bond donors (Lipinski definition) is 3. The molecule has 1 amide bonds. The number of anilines is 2. The zero-order valence-corrected chi connectivity index (χ0v) is 11.3. The molecular weight excluding hydrogens is 299 g/mol. The Morgan fingerprint density at radius 1 is 1.32 bits per heavy atom. The quantitative estimate of drug-likeness (QED) is 0.726. The lowest BCUT2D eigenvalue weighted by molar-refractivity contribution is -0.137. The van der Waals surface area contributed by atoms with Crippen molar-refractivity contribution in [2.24, 2.45) is 23.5 Å². The number of nitrogens with two attached hydrogens (primary N) is 2. The molecule has 0 aromatic carbocycles. The number of aromatic nitrogens is 2. The summed E-state index contributed by atoms with van der Waals surface area (Å²) in [5.41, 5.74) is 9.75. The van der Waals surface area contributed by atoms with Crippen molar-refractivity contribution in [3.05, 3.63) is 23.9 Å². The van der Waals surface area contributed by atoms with Crippen LogP contribution in [-0.4, -0.2) is 21.9 Å². The summed E-state index contributed by atoms with van der Waals surface area (Å²) in [4.78, 5) is 18.6. The summed E-state index contributed by atoms with van der Waals surface area (Å²) in [6, 6.07) is -0.525. The van der Waals surface area contributed by atoms with Crippen molar-refractivity contribution >= 4 is 17.7 Å². The van der Waals surface area contributed by atoms with E-state index in [4.69, 9.17) is 11.5 Å². The average molecular weight is 313 g/mol. The second kappa shape index (κ2) is 4.85. The molecule has 1 aromatic rings. The lowest BCUT2D eigenvalue weighted by Crippen LogP contribution is -2.41. The third-order valence-corrected chi connectivity index (χ3v) is 4.20. The first-order valence-corrected chi connectivity index (χ1v) is 6.71. The van der Waals surface area contributed by atoms with E-state index >= 15 is 0 Å². The van der Waals surface area contributed by atoms with E-state index in [1.165, 1.54) is 0 Å². The predicted octanol–water partition coefficient (Wildman–Crippen LogP) is 1.17. The van der Waals surface area contributed by atoms with E-state index < -0.39 is 35.4 Å². The van der Waals surface area contributed by atoms with E-state index in [1.54, 1.807) is 0 Å². The molecule has 1 saturated carbocycles. The molecule has 0 aliphatic heterocycles. The molecule has 3 rings (SSSR count). The number of fused-ring (bicyclic) bond motifs is 2. The number of carbonyl (C=O) groups excluding carboxylic acids is 1. The third-order valence-electron chi connectivity index (χ3n) is 4.20. The molecular formula is C13H14F3N5O. The van der Waals surface area contributed by atoms with Gasteiger partial charge in [0.25, 0.3) is 0 Å². The molecule has 4 atom stereocenters. The van der Waals surface area contributed by atoms with E-state index in [9.17, 15) is 18.0 Å². The summed E-state index contributed by atoms with van der Waals surface area (Å²) in [5, 5.41) is 2.72. The van der Waals surface area contributed by atoms with Crippen LogP contribution in [0.1, 0.15) is 12.0 Å². The minimum Gasteiger partial charge on any atom is -0.369 e. The number of nitrogens with zero attached hydrogens (tertiary/aromatic N) is 2. The number of allylic oxidation sites excluding steroid dienone is 1. The number of carbonyl (C=O) groups is 1. The third kappa shape index (κ3) is 2.36. The normalized spacial score (nSPS) is 29.8. The van der Waals surface area contributed by atoms with Gasteiger partial charge in [-0.1, -0.05) is 12.2 Å². The van der Waals surface area contributed by atoms with Crippen molar-refractivity contribution in [2.75, 3.05) is 11.1 Å². The van der Waals surface area contributed by atoms with E-state index in [-0.39, 0.29) is 17.8 Å². The van der Waals surface area contributed by atoms with Gasteiger partial charge in [0.05, 0.1) is 5.92 Å². The molecule has 22 heavy (non-hydrogen) atoms. The van der Waals surface area contributed by atoms with Gasteiger partial charge in [-0.15, -0.1) is 0 Å². The van der Waals surface area contributed by atoms with Gasteiger partial charge in [-0.3, -0.25) is 4.79 Å². The fourth-order valence-corrected chi connectivity index (χ4v) is 3.28. The second-order valence-electron chi connectivity index (χ2n) is 5.53. The first-order valence-electron chi connectivity index (χ1n) is 6.71. The maximum atomic E-state index is 13.0. The number of nitrogens with one attached hydrogen (secondary N) is 1. The van der Waals surface area contributed by atoms with Crippen LogP contribution in [0.15, 0.2) is 18.3 Å². The summed E-state index contributed by atoms with van der Waals surface area (Å²) in [5.74, 6) is -1.90. The van der Waals surface area contributed by atoms with Gasteiger partial charge in [0.2, 0.25) is 11.9 Å². The van der Waals surface area contributed by atoms with Crippen LogP contribution in [0.5, 0.6) is 0 Å². The van der Waals surface area contributed by atoms with E-state index in [0.29, 0.717) is 12.6 Å². The minimum absolute atomic E-state index is 0.0477. The smallest absolute Gasteiger partial charge is 0.369 e. The Balaban J connectivity index is 1.95. The van der Waals surface area contributed by atoms with Crippen molar-refractivity contribution in [3.8, 4) is 0 Å². The van der Waals surface area contributed by atoms with Crippen LogP contribution in [0.25, 0.3) is 0 Å². The number of rotatable bonds is 3. The molecule has 9 heteroatoms. The zero-order valence-electron chi connectivity index (χ0n) is 11.3. The van der Waals surface area contributed by atoms with E-state index in [2.05, 4.69) is 15.3 Å². The molecule has 118 valence electrons. The molecule has 2 aliphatic carbocycles. The summed E-state index contributed by atoms with van der Waals surface area (Å²) in [6.07, 6.45) is 0.475. The van der Waals surface area contributed by atoms with Crippen LogP contribution in [0, 0.1) is 17.8 Å². The molecule has 2 bridgehead atoms. The first kappa shape index (κ1) is 14.6. The lowest BCUT2D eigenvalue weighted by Gasteiger charge is -2.28. The number of hydrogen-bond acceptors (Lipinski definition) is 5. The Morgan fingerprint density at radius 3 is 2.64 bits per heavy atom. The topological polar surface area (TPSA) is 107 Å². The van der Waals surface area contributed by atoms with Gasteiger partial charge >= 0.3 is 6.18 Å². The Bertz CT molecular complexity index is 645. The highest BCUT2D eigenvalue weighted by molar-refractivity contribution is 5.79. The number of alkyl halides is 3. The Morgan fingerprint density at radius 2 is 2.00 bits per heavy atom. The van der Waals surface area contributed by atoms with E-state index in [1.807, 2.05) is 12.2 Å². The highest BCUT2D eigenvalue weighted by Crippen LogP contribution is 2.45. The van der Waals surface area contributed by atoms with Gasteiger partial charge in [-0.25, -0.2) is 4.98 Å². The average Bonchev–Trinajstić information content (AvgIpc) is 2.97. The number of halogens is 3. The highest BCUT2D eigenvalue weighted by atomic mass is 19.4. The fourth-order valence-electron chi connectivity index (χ4n) is 3.28. The van der Waals surface area contributed by atoms with Gasteiger partial charge in [-0.2, -0.15) is 18.2 Å². The van der Waals surface area contributed by atoms with Crippen LogP contribution < -0.4 is 16.8 Å². The van der Waals surface area contributed by atoms with Crippen LogP contribution in [0.4, 0.5) is 24.9 Å². The molecule has 1 fully saturated rings. The van der Waals surface area contributed by atoms with Crippen LogP contribution >= 0.6 is 0 Å². The Hall–Kier alpha value is -2.32. The molecule has 0 spiro atoms. The van der Waals surface area contributed by atoms with Gasteiger partial charge in [0.1, 0.15) is 11.4 Å². The van der Waals surface area contributed by atoms with Crippen LogP contribution in [0.3, 0.4) is 0 Å². The molecule has 0 saturated heterocycles.